The van der Waals surface area contributed by atoms with Crippen molar-refractivity contribution in [2.75, 3.05) is 47.6 Å². The Labute approximate surface area is 789 Å². The van der Waals surface area contributed by atoms with Crippen molar-refractivity contribution in [3.05, 3.63) is 83.9 Å². The van der Waals surface area contributed by atoms with E-state index in [0.29, 0.717) is 64.2 Å². The lowest BCUT2D eigenvalue weighted by molar-refractivity contribution is -0.150. The van der Waals surface area contributed by atoms with E-state index in [1.807, 2.05) is 36.4 Å². The number of nitrogens with zero attached hydrogens (tertiary/aromatic N) is 8. The van der Waals surface area contributed by atoms with E-state index in [0.717, 1.165) is 97.9 Å². The summed E-state index contributed by atoms with van der Waals surface area (Å²) in [7, 11) is 0. The number of carbonyl (C=O) groups is 1. The second-order valence-corrected chi connectivity index (χ2v) is 25.5. The van der Waals surface area contributed by atoms with Crippen molar-refractivity contribution in [1.82, 2.24) is 39.9 Å². The van der Waals surface area contributed by atoms with E-state index in [1.165, 1.54) is 0 Å². The Morgan fingerprint density at radius 1 is 0.353 bits per heavy atom. The molecule has 5 N–H and O–H groups in total. The van der Waals surface area contributed by atoms with Gasteiger partial charge < -0.3 is 40.6 Å². The molecule has 6 heterocycles. The molecule has 2 unspecified atom stereocenters. The van der Waals surface area contributed by atoms with Gasteiger partial charge in [-0.25, -0.2) is 44.7 Å². The molecular formula is C114H62Cl2N12O5. The fourth-order valence-electron chi connectivity index (χ4n) is 9.88. The van der Waals surface area contributed by atoms with Gasteiger partial charge in [0.05, 0.1) is 38.0 Å². The van der Waals surface area contributed by atoms with Gasteiger partial charge in [-0.2, -0.15) is 0 Å². The van der Waals surface area contributed by atoms with Crippen LogP contribution in [0.15, 0.2) is 73.6 Å². The van der Waals surface area contributed by atoms with Crippen LogP contribution in [0.1, 0.15) is 86.0 Å². The number of rotatable bonds is 17. The molecule has 2 aliphatic rings. The summed E-state index contributed by atoms with van der Waals surface area (Å²) in [4.78, 5) is 46.3. The Hall–Kier alpha value is -20.4. The number of aliphatic hydroxyl groups excluding tert-OH is 1. The molecule has 0 bridgehead atoms. The lowest BCUT2D eigenvalue weighted by Gasteiger charge is -2.29. The number of fused-ring (bicyclic) bond motifs is 2. The van der Waals surface area contributed by atoms with Crippen LogP contribution in [0, 0.1) is 403 Å². The average Bonchev–Trinajstić information content (AvgIpc) is 0.822. The van der Waals surface area contributed by atoms with Crippen LogP contribution in [0.5, 0.6) is 11.5 Å². The number of esters is 1. The highest BCUT2D eigenvalue weighted by molar-refractivity contribution is 6.34. The summed E-state index contributed by atoms with van der Waals surface area (Å²) in [5, 5.41) is 25.6. The minimum Gasteiger partial charge on any atom is -0.485 e. The summed E-state index contributed by atoms with van der Waals surface area (Å²) in [5.74, 6) is 170. The smallest absolute Gasteiger partial charge is 0.347 e. The van der Waals surface area contributed by atoms with Gasteiger partial charge in [-0.1, -0.05) is 35.0 Å². The van der Waals surface area contributed by atoms with E-state index in [2.05, 4.69) is 452 Å². The van der Waals surface area contributed by atoms with Gasteiger partial charge in [-0.3, -0.25) is 0 Å². The van der Waals surface area contributed by atoms with Crippen molar-refractivity contribution in [3.63, 3.8) is 0 Å². The maximum atomic E-state index is 11.7. The normalized spacial score (nSPS) is 11.4. The van der Waals surface area contributed by atoms with E-state index in [9.17, 15) is 4.79 Å². The van der Waals surface area contributed by atoms with Gasteiger partial charge in [-0.15, -0.1) is 0 Å². The van der Waals surface area contributed by atoms with Crippen molar-refractivity contribution in [2.24, 2.45) is 11.8 Å². The third-order valence-electron chi connectivity index (χ3n) is 15.6. The Morgan fingerprint density at radius 2 is 0.594 bits per heavy atom. The number of carbonyl (C=O) groups excluding carboxylic acids is 1. The van der Waals surface area contributed by atoms with Crippen LogP contribution >= 0.6 is 23.2 Å². The van der Waals surface area contributed by atoms with Crippen molar-refractivity contribution in [2.45, 2.75) is 110 Å². The second kappa shape index (κ2) is 68.1. The second-order valence-electron chi connectivity index (χ2n) is 24.8. The van der Waals surface area contributed by atoms with Crippen molar-refractivity contribution >= 4 is 74.5 Å². The number of ether oxygens (including phenoxy) is 3. The number of aromatic nitrogens is 8. The zero-order valence-electron chi connectivity index (χ0n) is 71.8. The molecule has 19 heteroatoms. The van der Waals surface area contributed by atoms with Crippen LogP contribution in [0.2, 0.25) is 10.3 Å². The Bertz CT molecular complexity index is 7460. The average molecular weight is 1750 g/mol. The van der Waals surface area contributed by atoms with Crippen LogP contribution < -0.4 is 30.7 Å². The highest BCUT2D eigenvalue weighted by Gasteiger charge is 2.24. The quantitative estimate of drug-likeness (QED) is 0.0326. The molecule has 2 atom stereocenters. The first kappa shape index (κ1) is 101. The molecule has 6 aromatic rings. The molecule has 2 fully saturated rings. The summed E-state index contributed by atoms with van der Waals surface area (Å²) in [6, 6.07) is 12.6. The Balaban J connectivity index is 0.000000343. The standard InChI is InChI=1S/C68H6.C24H29ClN6O3.C22H27ClN6O2/c1-3-5-7-9-11-13-15-17-19-21-23-25-27-29-31-33-35-37-39-41-43-45-47-49-51-53-55-57-59-61-63-65-67-68-66-64-62-60-58-56-54-52-50-48-46-44-42-40-38-36-34-32-30-28-26-24-22-20-18-16-14-12-10-8-6-4-2;1-3-33-23(32)15(2)34-19-13-28-24(29-14-19)27-12-16-4-7-18(8-5-16)30-20-9-6-17-10-11-26-22(25)21(17)31-20;1-14(13-30)31-18-11-26-22(27-12-18)25-10-15-2-5-17(6-3-15)28-19-7-4-16-8-9-24-21(23)20(16)29-19/h1-2H3;6,9-11,13-16,18H,3-5,7-8,12H2,1-2H3,(H,30,31)(H,27,28,29);4,7-9,11-12,14-15,17,30H,2-3,5-6,10,13H2,1H3,(H,28,29)(H,25,26,27). The Kier molecular flexibility index (Phi) is 51.9. The number of nitrogens with one attached hydrogen (secondary N) is 4. The maximum Gasteiger partial charge on any atom is 0.347 e. The third kappa shape index (κ3) is 48.9. The van der Waals surface area contributed by atoms with Crippen LogP contribution in [0.25, 0.3) is 21.8 Å². The zero-order chi connectivity index (χ0) is 94.2. The van der Waals surface area contributed by atoms with Gasteiger partial charge in [-0.05, 0) is 229 Å². The monoisotopic (exact) mass is 1750 g/mol. The zero-order valence-corrected chi connectivity index (χ0v) is 73.3. The van der Waals surface area contributed by atoms with Gasteiger partial charge in [0.15, 0.2) is 27.9 Å². The first-order valence-electron chi connectivity index (χ1n) is 39.5. The number of hydrogen-bond donors (Lipinski definition) is 5. The molecule has 6 aromatic heterocycles. The lowest BCUT2D eigenvalue weighted by atomic mass is 9.86. The molecule has 0 spiro atoms. The lowest BCUT2D eigenvalue weighted by Crippen LogP contribution is -2.29. The summed E-state index contributed by atoms with van der Waals surface area (Å²) in [6.45, 7) is 10.5. The minimum atomic E-state index is -0.704. The number of aliphatic hydroxyl groups is 1. The fourth-order valence-corrected chi connectivity index (χ4v) is 10.3. The van der Waals surface area contributed by atoms with Crippen LogP contribution in [-0.4, -0.2) is 102 Å². The van der Waals surface area contributed by atoms with Gasteiger partial charge >= 0.3 is 5.97 Å². The SMILES string of the molecule is CC#CC#CC#CC#CC#CC#CC#CC#CC#CC#CC#CC#CC#CC#CC#CC#CC#CC#CC#CC#CC#CC#CC#CC#CC#CC#CC#CC#CC#CC#CC#CC#CC#CC.CC(CO)Oc1cnc(NCC2CCC(Nc3ccc4ccnc(Cl)c4n3)CC2)nc1.CCOC(=O)C(C)Oc1cnc(NCC2CCC(Nc3ccc4ccnc(Cl)c4n3)CC2)nc1. The van der Waals surface area contributed by atoms with E-state index in [1.54, 1.807) is 71.8 Å². The molecule has 0 saturated heterocycles. The first-order valence-corrected chi connectivity index (χ1v) is 40.2. The summed E-state index contributed by atoms with van der Waals surface area (Å²) < 4.78 is 15.9. The van der Waals surface area contributed by atoms with Crippen molar-refractivity contribution < 1.29 is 24.1 Å². The molecule has 0 radical (unpaired) electrons. The van der Waals surface area contributed by atoms with Gasteiger partial charge in [0.1, 0.15) is 28.8 Å². The number of anilines is 4. The molecule has 0 aliphatic heterocycles. The van der Waals surface area contributed by atoms with Gasteiger partial charge in [0.2, 0.25) is 11.9 Å². The molecular weight excluding hydrogens is 1690 g/mol. The highest BCUT2D eigenvalue weighted by Crippen LogP contribution is 2.30. The van der Waals surface area contributed by atoms with Crippen molar-refractivity contribution in [1.29, 1.82) is 0 Å². The molecule has 17 nitrogen and oxygen atoms in total. The molecule has 622 valence electrons. The highest BCUT2D eigenvalue weighted by atomic mass is 35.5. The van der Waals surface area contributed by atoms with Gasteiger partial charge in [0, 0.05) is 333 Å². The van der Waals surface area contributed by atoms with E-state index >= 15 is 0 Å². The predicted molar refractivity (Wildman–Crippen MR) is 521 cm³/mol. The van der Waals surface area contributed by atoms with E-state index in [4.69, 9.17) is 42.5 Å². The molecule has 0 amide bonds. The molecule has 133 heavy (non-hydrogen) atoms. The number of pyridine rings is 4. The minimum absolute atomic E-state index is 0.0422. The Morgan fingerprint density at radius 3 is 0.827 bits per heavy atom. The van der Waals surface area contributed by atoms with E-state index < -0.39 is 12.1 Å². The molecule has 2 saturated carbocycles. The van der Waals surface area contributed by atoms with Crippen LogP contribution in [0.3, 0.4) is 0 Å². The first-order chi connectivity index (χ1) is 65.5. The molecule has 0 aromatic carbocycles. The topological polar surface area (TPSA) is 216 Å². The number of halogens is 2. The summed E-state index contributed by atoms with van der Waals surface area (Å²) in [6.07, 6.45) is 17.5. The van der Waals surface area contributed by atoms with Crippen LogP contribution in [0.4, 0.5) is 23.5 Å². The predicted octanol–water partition coefficient (Wildman–Crippen LogP) is 9.54. The largest absolute Gasteiger partial charge is 0.485 e. The van der Waals surface area contributed by atoms with E-state index in [-0.39, 0.29) is 12.7 Å². The van der Waals surface area contributed by atoms with Crippen molar-refractivity contribution in [3.8, 4) is 402 Å². The third-order valence-corrected chi connectivity index (χ3v) is 16.1. The van der Waals surface area contributed by atoms with Gasteiger partial charge in [0.25, 0.3) is 0 Å². The molecule has 8 rings (SSSR count). The number of hydrogen-bond acceptors (Lipinski definition) is 17. The molecule has 2 aliphatic carbocycles. The summed E-state index contributed by atoms with van der Waals surface area (Å²) >= 11 is 12.4. The fraction of sp³-hybridized carbons (Fsp3) is 0.202. The maximum absolute atomic E-state index is 11.7. The summed E-state index contributed by atoms with van der Waals surface area (Å²) in [5.41, 5.74) is 1.45. The van der Waals surface area contributed by atoms with Crippen LogP contribution in [-0.2, 0) is 9.53 Å².